The number of fused-ring (bicyclic) bond motifs is 1. The zero-order valence-electron chi connectivity index (χ0n) is 20.6. The van der Waals surface area contributed by atoms with Crippen LogP contribution in [0.1, 0.15) is 127 Å². The SMILES string of the molecule is CCCCCCCCCCCCCCCCCC(=O)O/N=C1\CCc2cc(OC)ccc21. The van der Waals surface area contributed by atoms with Gasteiger partial charge in [0.2, 0.25) is 0 Å². The number of hydrogen-bond donors (Lipinski definition) is 0. The molecule has 1 aliphatic carbocycles. The minimum absolute atomic E-state index is 0.214. The quantitative estimate of drug-likeness (QED) is 0.131. The number of benzene rings is 1. The zero-order valence-corrected chi connectivity index (χ0v) is 20.6. The Labute approximate surface area is 196 Å². The molecule has 4 nitrogen and oxygen atoms in total. The van der Waals surface area contributed by atoms with Gasteiger partial charge in [-0.05, 0) is 43.0 Å². The molecule has 4 heteroatoms. The topological polar surface area (TPSA) is 47.9 Å². The van der Waals surface area contributed by atoms with Crippen molar-refractivity contribution in [2.75, 3.05) is 7.11 Å². The maximum atomic E-state index is 12.0. The summed E-state index contributed by atoms with van der Waals surface area (Å²) in [7, 11) is 1.67. The molecule has 0 N–H and O–H groups in total. The van der Waals surface area contributed by atoms with Gasteiger partial charge in [-0.3, -0.25) is 0 Å². The Kier molecular flexibility index (Phi) is 13.8. The fourth-order valence-corrected chi connectivity index (χ4v) is 4.46. The van der Waals surface area contributed by atoms with Gasteiger partial charge in [-0.2, -0.15) is 0 Å². The van der Waals surface area contributed by atoms with Gasteiger partial charge in [0.25, 0.3) is 0 Å². The second-order valence-corrected chi connectivity index (χ2v) is 9.22. The van der Waals surface area contributed by atoms with Crippen LogP contribution in [0.5, 0.6) is 5.75 Å². The maximum absolute atomic E-state index is 12.0. The van der Waals surface area contributed by atoms with Gasteiger partial charge < -0.3 is 9.57 Å². The minimum Gasteiger partial charge on any atom is -0.497 e. The lowest BCUT2D eigenvalue weighted by atomic mass is 10.0. The summed E-state index contributed by atoms with van der Waals surface area (Å²) in [5.41, 5.74) is 3.15. The van der Waals surface area contributed by atoms with Crippen molar-refractivity contribution in [2.24, 2.45) is 5.16 Å². The van der Waals surface area contributed by atoms with Crippen LogP contribution in [0.2, 0.25) is 0 Å². The van der Waals surface area contributed by atoms with E-state index in [0.29, 0.717) is 6.42 Å². The van der Waals surface area contributed by atoms with Gasteiger partial charge in [0.1, 0.15) is 5.75 Å². The summed E-state index contributed by atoms with van der Waals surface area (Å²) in [5, 5.41) is 4.13. The van der Waals surface area contributed by atoms with Crippen LogP contribution in [-0.4, -0.2) is 18.8 Å². The minimum atomic E-state index is -0.214. The lowest BCUT2D eigenvalue weighted by molar-refractivity contribution is -0.143. The molecule has 0 spiro atoms. The van der Waals surface area contributed by atoms with Crippen molar-refractivity contribution in [2.45, 2.75) is 122 Å². The van der Waals surface area contributed by atoms with Crippen LogP contribution >= 0.6 is 0 Å². The summed E-state index contributed by atoms with van der Waals surface area (Å²) in [6.45, 7) is 2.28. The molecular weight excluding hydrogens is 398 g/mol. The molecule has 2 rings (SSSR count). The third-order valence-corrected chi connectivity index (χ3v) is 6.50. The van der Waals surface area contributed by atoms with E-state index in [1.165, 1.54) is 89.0 Å². The van der Waals surface area contributed by atoms with E-state index in [1.807, 2.05) is 18.2 Å². The molecule has 0 amide bonds. The second kappa shape index (κ2) is 16.7. The van der Waals surface area contributed by atoms with E-state index < -0.39 is 0 Å². The first-order chi connectivity index (χ1) is 15.7. The summed E-state index contributed by atoms with van der Waals surface area (Å²) in [6.07, 6.45) is 22.0. The fraction of sp³-hybridized carbons (Fsp3) is 0.714. The van der Waals surface area contributed by atoms with Crippen LogP contribution in [0.15, 0.2) is 23.4 Å². The van der Waals surface area contributed by atoms with Crippen molar-refractivity contribution in [1.29, 1.82) is 0 Å². The Morgan fingerprint density at radius 1 is 0.812 bits per heavy atom. The molecule has 180 valence electrons. The summed E-state index contributed by atoms with van der Waals surface area (Å²) in [5.74, 6) is 0.643. The van der Waals surface area contributed by atoms with Gasteiger partial charge in [0.05, 0.1) is 12.8 Å². The van der Waals surface area contributed by atoms with E-state index in [9.17, 15) is 4.79 Å². The molecule has 0 unspecified atom stereocenters. The van der Waals surface area contributed by atoms with Crippen molar-refractivity contribution in [3.63, 3.8) is 0 Å². The van der Waals surface area contributed by atoms with Crippen molar-refractivity contribution in [3.8, 4) is 5.75 Å². The normalized spacial score (nSPS) is 14.0. The standard InChI is InChI=1S/C28H45NO3/c1-3-4-5-6-7-8-9-10-11-12-13-14-15-16-17-18-28(30)32-29-27-22-19-24-23-25(31-2)20-21-26(24)27/h20-21,23H,3-19,22H2,1-2H3/b29-27+. The van der Waals surface area contributed by atoms with E-state index >= 15 is 0 Å². The Bertz CT molecular complexity index is 683. The van der Waals surface area contributed by atoms with Crippen molar-refractivity contribution < 1.29 is 14.4 Å². The molecule has 0 saturated carbocycles. The highest BCUT2D eigenvalue weighted by molar-refractivity contribution is 6.04. The first-order valence-electron chi connectivity index (χ1n) is 13.2. The molecule has 1 aliphatic rings. The van der Waals surface area contributed by atoms with Crippen LogP contribution in [-0.2, 0) is 16.1 Å². The summed E-state index contributed by atoms with van der Waals surface area (Å²) in [6, 6.07) is 5.97. The van der Waals surface area contributed by atoms with Crippen LogP contribution < -0.4 is 4.74 Å². The van der Waals surface area contributed by atoms with Crippen LogP contribution in [0, 0.1) is 0 Å². The smallest absolute Gasteiger partial charge is 0.335 e. The lowest BCUT2D eigenvalue weighted by Crippen LogP contribution is -2.03. The van der Waals surface area contributed by atoms with Gasteiger partial charge >= 0.3 is 5.97 Å². The van der Waals surface area contributed by atoms with Gasteiger partial charge in [0, 0.05) is 12.0 Å². The first-order valence-corrected chi connectivity index (χ1v) is 13.2. The number of hydrogen-bond acceptors (Lipinski definition) is 4. The van der Waals surface area contributed by atoms with Gasteiger partial charge in [-0.25, -0.2) is 4.79 Å². The Hall–Kier alpha value is -1.84. The predicted octanol–water partition coefficient (Wildman–Crippen LogP) is 8.15. The van der Waals surface area contributed by atoms with E-state index in [-0.39, 0.29) is 5.97 Å². The van der Waals surface area contributed by atoms with Gasteiger partial charge in [-0.1, -0.05) is 102 Å². The Balaban J connectivity index is 1.41. The average molecular weight is 444 g/mol. The molecule has 0 bridgehead atoms. The highest BCUT2D eigenvalue weighted by atomic mass is 16.7. The second-order valence-electron chi connectivity index (χ2n) is 9.22. The maximum Gasteiger partial charge on any atom is 0.335 e. The number of carbonyl (C=O) groups excluding carboxylic acids is 1. The number of oxime groups is 1. The molecule has 0 aromatic heterocycles. The predicted molar refractivity (Wildman–Crippen MR) is 133 cm³/mol. The number of methoxy groups -OCH3 is 1. The largest absolute Gasteiger partial charge is 0.497 e. The number of nitrogens with zero attached hydrogens (tertiary/aromatic N) is 1. The lowest BCUT2D eigenvalue weighted by Gasteiger charge is -2.04. The average Bonchev–Trinajstić information content (AvgIpc) is 3.22. The third kappa shape index (κ3) is 10.7. The highest BCUT2D eigenvalue weighted by Gasteiger charge is 2.19. The van der Waals surface area contributed by atoms with Gasteiger partial charge in [0.15, 0.2) is 0 Å². The molecule has 0 radical (unpaired) electrons. The van der Waals surface area contributed by atoms with Crippen LogP contribution in [0.3, 0.4) is 0 Å². The molecule has 32 heavy (non-hydrogen) atoms. The number of unbranched alkanes of at least 4 members (excludes halogenated alkanes) is 14. The summed E-state index contributed by atoms with van der Waals surface area (Å²) in [4.78, 5) is 17.2. The Morgan fingerprint density at radius 2 is 1.38 bits per heavy atom. The van der Waals surface area contributed by atoms with Crippen molar-refractivity contribution >= 4 is 11.7 Å². The highest BCUT2D eigenvalue weighted by Crippen LogP contribution is 2.26. The number of aryl methyl sites for hydroxylation is 1. The van der Waals surface area contributed by atoms with E-state index in [0.717, 1.165) is 42.7 Å². The number of carbonyl (C=O) groups is 1. The van der Waals surface area contributed by atoms with E-state index in [1.54, 1.807) is 7.11 Å². The monoisotopic (exact) mass is 443 g/mol. The third-order valence-electron chi connectivity index (χ3n) is 6.50. The number of rotatable bonds is 18. The molecule has 1 aromatic carbocycles. The number of ether oxygens (including phenoxy) is 1. The molecule has 1 aromatic rings. The molecule has 0 saturated heterocycles. The zero-order chi connectivity index (χ0) is 22.9. The van der Waals surface area contributed by atoms with E-state index in [4.69, 9.17) is 9.57 Å². The van der Waals surface area contributed by atoms with Crippen LogP contribution in [0.4, 0.5) is 0 Å². The summed E-state index contributed by atoms with van der Waals surface area (Å²) >= 11 is 0. The fourth-order valence-electron chi connectivity index (χ4n) is 4.46. The Morgan fingerprint density at radius 3 is 1.94 bits per heavy atom. The first kappa shape index (κ1) is 26.4. The van der Waals surface area contributed by atoms with E-state index in [2.05, 4.69) is 12.1 Å². The molecular formula is C28H45NO3. The molecule has 0 heterocycles. The molecule has 0 aliphatic heterocycles. The van der Waals surface area contributed by atoms with Crippen LogP contribution in [0.25, 0.3) is 0 Å². The van der Waals surface area contributed by atoms with Crippen molar-refractivity contribution in [1.82, 2.24) is 0 Å². The molecule has 0 fully saturated rings. The molecule has 0 atom stereocenters. The summed E-state index contributed by atoms with van der Waals surface area (Å²) < 4.78 is 5.27. The van der Waals surface area contributed by atoms with Crippen molar-refractivity contribution in [3.05, 3.63) is 29.3 Å². The van der Waals surface area contributed by atoms with Gasteiger partial charge in [-0.15, -0.1) is 0 Å².